The second-order valence-corrected chi connectivity index (χ2v) is 4.74. The van der Waals surface area contributed by atoms with Crippen molar-refractivity contribution in [3.8, 4) is 0 Å². The monoisotopic (exact) mass is 328 g/mol. The van der Waals surface area contributed by atoms with E-state index < -0.39 is 17.6 Å². The van der Waals surface area contributed by atoms with Crippen LogP contribution in [-0.2, 0) is 24.2 Å². The maximum absolute atomic E-state index is 12.6. The highest BCUT2D eigenvalue weighted by Gasteiger charge is 2.36. The zero-order valence-corrected chi connectivity index (χ0v) is 11.8. The average Bonchev–Trinajstić information content (AvgIpc) is 2.54. The smallest absolute Gasteiger partial charge is 0.291 e. The SMILES string of the molecule is CCc1nn(CC)c(CC(=O)C(F)(F)Cl)c1Br. The van der Waals surface area contributed by atoms with E-state index in [9.17, 15) is 13.6 Å². The highest BCUT2D eigenvalue weighted by molar-refractivity contribution is 9.10. The Hall–Kier alpha value is -0.490. The van der Waals surface area contributed by atoms with Gasteiger partial charge in [0.2, 0.25) is 5.78 Å². The van der Waals surface area contributed by atoms with Crippen molar-refractivity contribution in [2.75, 3.05) is 0 Å². The van der Waals surface area contributed by atoms with Gasteiger partial charge < -0.3 is 0 Å². The molecule has 17 heavy (non-hydrogen) atoms. The average molecular weight is 330 g/mol. The zero-order valence-electron chi connectivity index (χ0n) is 9.44. The number of carbonyl (C=O) groups is 1. The van der Waals surface area contributed by atoms with Crippen LogP contribution in [0.1, 0.15) is 25.2 Å². The van der Waals surface area contributed by atoms with Crippen LogP contribution in [0.5, 0.6) is 0 Å². The number of rotatable bonds is 5. The van der Waals surface area contributed by atoms with E-state index in [0.29, 0.717) is 23.1 Å². The van der Waals surface area contributed by atoms with Crippen LogP contribution in [0.25, 0.3) is 0 Å². The summed E-state index contributed by atoms with van der Waals surface area (Å²) in [6.07, 6.45) is 0.226. The van der Waals surface area contributed by atoms with Crippen molar-refractivity contribution in [2.24, 2.45) is 0 Å². The van der Waals surface area contributed by atoms with Crippen molar-refractivity contribution in [3.05, 3.63) is 15.9 Å². The molecule has 0 aliphatic rings. The third-order valence-corrected chi connectivity index (χ3v) is 3.46. The maximum Gasteiger partial charge on any atom is 0.380 e. The number of hydrogen-bond donors (Lipinski definition) is 0. The molecular formula is C10H12BrClF2N2O. The Bertz CT molecular complexity index is 429. The predicted octanol–water partition coefficient (Wildman–Crippen LogP) is 3.17. The van der Waals surface area contributed by atoms with Crippen molar-refractivity contribution in [3.63, 3.8) is 0 Å². The Labute approximate surface area is 111 Å². The number of nitrogens with zero attached hydrogens (tertiary/aromatic N) is 2. The van der Waals surface area contributed by atoms with Crippen molar-refractivity contribution < 1.29 is 13.6 Å². The Morgan fingerprint density at radius 3 is 2.53 bits per heavy atom. The molecule has 1 rings (SSSR count). The minimum atomic E-state index is -3.82. The van der Waals surface area contributed by atoms with E-state index in [0.717, 1.165) is 5.69 Å². The fourth-order valence-electron chi connectivity index (χ4n) is 1.44. The van der Waals surface area contributed by atoms with Gasteiger partial charge in [0.25, 0.3) is 0 Å². The van der Waals surface area contributed by atoms with Gasteiger partial charge in [-0.15, -0.1) is 0 Å². The molecule has 0 radical (unpaired) electrons. The molecule has 3 nitrogen and oxygen atoms in total. The highest BCUT2D eigenvalue weighted by atomic mass is 79.9. The number of alkyl halides is 3. The molecule has 1 heterocycles. The zero-order chi connectivity index (χ0) is 13.2. The first kappa shape index (κ1) is 14.6. The second-order valence-electron chi connectivity index (χ2n) is 3.47. The van der Waals surface area contributed by atoms with Crippen molar-refractivity contribution >= 4 is 33.3 Å². The second kappa shape index (κ2) is 5.44. The summed E-state index contributed by atoms with van der Waals surface area (Å²) in [5, 5.41) is 0.387. The van der Waals surface area contributed by atoms with Gasteiger partial charge in [-0.2, -0.15) is 13.9 Å². The molecule has 1 aromatic rings. The molecule has 0 aliphatic carbocycles. The summed E-state index contributed by atoms with van der Waals surface area (Å²) in [5.41, 5.74) is 1.18. The molecule has 0 aliphatic heterocycles. The number of aryl methyl sites for hydroxylation is 2. The third kappa shape index (κ3) is 3.25. The highest BCUT2D eigenvalue weighted by Crippen LogP contribution is 2.27. The molecule has 0 unspecified atom stereocenters. The van der Waals surface area contributed by atoms with E-state index >= 15 is 0 Å². The standard InChI is InChI=1S/C10H12BrClF2N2O/c1-3-6-9(11)7(16(4-2)15-6)5-8(17)10(12,13)14/h3-5H2,1-2H3. The van der Waals surface area contributed by atoms with E-state index in [1.807, 2.05) is 13.8 Å². The van der Waals surface area contributed by atoms with Crippen LogP contribution in [0.3, 0.4) is 0 Å². The number of halogens is 4. The molecule has 1 aromatic heterocycles. The molecule has 0 spiro atoms. The van der Waals surface area contributed by atoms with Gasteiger partial charge in [0.05, 0.1) is 22.3 Å². The van der Waals surface area contributed by atoms with E-state index in [4.69, 9.17) is 11.6 Å². The lowest BCUT2D eigenvalue weighted by Crippen LogP contribution is -2.24. The van der Waals surface area contributed by atoms with Gasteiger partial charge in [0.15, 0.2) is 0 Å². The van der Waals surface area contributed by atoms with Crippen LogP contribution >= 0.6 is 27.5 Å². The topological polar surface area (TPSA) is 34.9 Å². The fourth-order valence-corrected chi connectivity index (χ4v) is 2.21. The third-order valence-electron chi connectivity index (χ3n) is 2.34. The number of hydrogen-bond acceptors (Lipinski definition) is 2. The van der Waals surface area contributed by atoms with E-state index in [-0.39, 0.29) is 0 Å². The normalized spacial score (nSPS) is 11.9. The lowest BCUT2D eigenvalue weighted by molar-refractivity contribution is -0.132. The quantitative estimate of drug-likeness (QED) is 0.778. The fraction of sp³-hybridized carbons (Fsp3) is 0.600. The molecule has 0 N–H and O–H groups in total. The van der Waals surface area contributed by atoms with Gasteiger partial charge in [-0.05, 0) is 40.9 Å². The van der Waals surface area contributed by atoms with Gasteiger partial charge in [-0.3, -0.25) is 9.48 Å². The largest absolute Gasteiger partial charge is 0.380 e. The Morgan fingerprint density at radius 2 is 2.12 bits per heavy atom. The van der Waals surface area contributed by atoms with Crippen molar-refractivity contribution in [1.29, 1.82) is 0 Å². The summed E-state index contributed by atoms with van der Waals surface area (Å²) < 4.78 is 27.4. The summed E-state index contributed by atoms with van der Waals surface area (Å²) in [7, 11) is 0. The van der Waals surface area contributed by atoms with Crippen LogP contribution in [0, 0.1) is 0 Å². The van der Waals surface area contributed by atoms with Gasteiger partial charge in [0, 0.05) is 6.54 Å². The first-order valence-corrected chi connectivity index (χ1v) is 6.32. The van der Waals surface area contributed by atoms with Crippen LogP contribution in [-0.4, -0.2) is 20.9 Å². The summed E-state index contributed by atoms with van der Waals surface area (Å²) in [6.45, 7) is 4.23. The molecule has 0 atom stereocenters. The Kier molecular flexibility index (Phi) is 4.66. The van der Waals surface area contributed by atoms with Gasteiger partial charge >= 0.3 is 5.38 Å². The molecule has 7 heteroatoms. The summed E-state index contributed by atoms with van der Waals surface area (Å²) in [6, 6.07) is 0. The van der Waals surface area contributed by atoms with E-state index in [1.165, 1.54) is 4.68 Å². The number of aromatic nitrogens is 2. The summed E-state index contributed by atoms with van der Waals surface area (Å²) in [4.78, 5) is 11.2. The van der Waals surface area contributed by atoms with Crippen molar-refractivity contribution in [2.45, 2.75) is 38.6 Å². The predicted molar refractivity (Wildman–Crippen MR) is 64.5 cm³/mol. The van der Waals surface area contributed by atoms with Crippen LogP contribution in [0.2, 0.25) is 0 Å². The Balaban J connectivity index is 3.05. The van der Waals surface area contributed by atoms with Crippen LogP contribution in [0.15, 0.2) is 4.47 Å². The number of Topliss-reactive ketones (excluding diaryl/α,β-unsaturated/α-hetero) is 1. The molecule has 0 fully saturated rings. The summed E-state index contributed by atoms with van der Waals surface area (Å²) >= 11 is 7.97. The van der Waals surface area contributed by atoms with Crippen LogP contribution in [0.4, 0.5) is 8.78 Å². The van der Waals surface area contributed by atoms with E-state index in [2.05, 4.69) is 21.0 Å². The first-order chi connectivity index (χ1) is 7.81. The van der Waals surface area contributed by atoms with Gasteiger partial charge in [-0.1, -0.05) is 6.92 Å². The minimum absolute atomic E-state index is 0.433. The first-order valence-electron chi connectivity index (χ1n) is 5.15. The molecule has 0 saturated carbocycles. The molecule has 96 valence electrons. The van der Waals surface area contributed by atoms with Gasteiger partial charge in [0.1, 0.15) is 0 Å². The molecular weight excluding hydrogens is 317 g/mol. The molecule has 0 amide bonds. The number of ketones is 1. The van der Waals surface area contributed by atoms with Gasteiger partial charge in [-0.25, -0.2) is 0 Å². The molecule has 0 saturated heterocycles. The summed E-state index contributed by atoms with van der Waals surface area (Å²) in [5.74, 6) is -1.32. The number of carbonyl (C=O) groups excluding carboxylic acids is 1. The van der Waals surface area contributed by atoms with E-state index in [1.54, 1.807) is 0 Å². The lowest BCUT2D eigenvalue weighted by Gasteiger charge is -2.08. The minimum Gasteiger partial charge on any atom is -0.291 e. The van der Waals surface area contributed by atoms with Crippen LogP contribution < -0.4 is 0 Å². The molecule has 0 bridgehead atoms. The Morgan fingerprint density at radius 1 is 1.53 bits per heavy atom. The molecule has 0 aromatic carbocycles. The maximum atomic E-state index is 12.6. The lowest BCUT2D eigenvalue weighted by atomic mass is 10.2. The van der Waals surface area contributed by atoms with Crippen molar-refractivity contribution in [1.82, 2.24) is 9.78 Å².